The Morgan fingerprint density at radius 2 is 2.00 bits per heavy atom. The summed E-state index contributed by atoms with van der Waals surface area (Å²) < 4.78 is 5.69. The molecule has 1 aromatic rings. The summed E-state index contributed by atoms with van der Waals surface area (Å²) in [4.78, 5) is 25.3. The average Bonchev–Trinajstić information content (AvgIpc) is 2.49. The van der Waals surface area contributed by atoms with Gasteiger partial charge in [-0.1, -0.05) is 19.9 Å². The molecule has 5 nitrogen and oxygen atoms in total. The van der Waals surface area contributed by atoms with Crippen molar-refractivity contribution in [1.29, 1.82) is 0 Å². The Kier molecular flexibility index (Phi) is 4.56. The first-order chi connectivity index (χ1) is 10.3. The summed E-state index contributed by atoms with van der Waals surface area (Å²) in [5.74, 6) is -1.19. The van der Waals surface area contributed by atoms with Gasteiger partial charge >= 0.3 is 5.97 Å². The zero-order valence-corrected chi connectivity index (χ0v) is 13.5. The van der Waals surface area contributed by atoms with Gasteiger partial charge in [-0.3, -0.25) is 4.79 Å². The Hall–Kier alpha value is -1.88. The predicted molar refractivity (Wildman–Crippen MR) is 83.1 cm³/mol. The minimum Gasteiger partial charge on any atom is -0.478 e. The van der Waals surface area contributed by atoms with Crippen molar-refractivity contribution >= 4 is 11.9 Å². The number of rotatable bonds is 5. The van der Waals surface area contributed by atoms with Crippen LogP contribution in [0.1, 0.15) is 47.9 Å². The van der Waals surface area contributed by atoms with E-state index in [9.17, 15) is 9.59 Å². The van der Waals surface area contributed by atoms with Gasteiger partial charge in [0.15, 0.2) is 0 Å². The quantitative estimate of drug-likeness (QED) is 0.908. The molecule has 0 spiro atoms. The lowest BCUT2D eigenvalue weighted by Crippen LogP contribution is -2.62. The lowest BCUT2D eigenvalue weighted by molar-refractivity contribution is -0.136. The standard InChI is InChI=1S/C17H23NO4/c1-5-22-14-10-13(17(14,2)3)18(4)15(19)11-7-6-8-12(9-11)16(20)21/h6-9,13-14H,5,10H2,1-4H3,(H,20,21). The predicted octanol–water partition coefficient (Wildman–Crippen LogP) is 2.66. The van der Waals surface area contributed by atoms with Crippen LogP contribution in [-0.2, 0) is 4.74 Å². The highest BCUT2D eigenvalue weighted by Crippen LogP contribution is 2.45. The zero-order valence-electron chi connectivity index (χ0n) is 13.5. The SMILES string of the molecule is CCOC1CC(N(C)C(=O)c2cccc(C(=O)O)c2)C1(C)C. The number of carbonyl (C=O) groups is 2. The van der Waals surface area contributed by atoms with E-state index in [2.05, 4.69) is 13.8 Å². The van der Waals surface area contributed by atoms with Crippen molar-refractivity contribution in [1.82, 2.24) is 4.90 Å². The van der Waals surface area contributed by atoms with Crippen molar-refractivity contribution in [2.45, 2.75) is 39.3 Å². The van der Waals surface area contributed by atoms with Gasteiger partial charge < -0.3 is 14.7 Å². The Labute approximate surface area is 130 Å². The fourth-order valence-electron chi connectivity index (χ4n) is 3.14. The first kappa shape index (κ1) is 16.5. The van der Waals surface area contributed by atoms with Crippen LogP contribution in [0.5, 0.6) is 0 Å². The third kappa shape index (κ3) is 2.86. The molecule has 5 heteroatoms. The van der Waals surface area contributed by atoms with Gasteiger partial charge in [0.2, 0.25) is 0 Å². The summed E-state index contributed by atoms with van der Waals surface area (Å²) in [6.07, 6.45) is 0.963. The smallest absolute Gasteiger partial charge is 0.335 e. The number of carbonyl (C=O) groups excluding carboxylic acids is 1. The molecular formula is C17H23NO4. The fraction of sp³-hybridized carbons (Fsp3) is 0.529. The Morgan fingerprint density at radius 3 is 2.55 bits per heavy atom. The Morgan fingerprint density at radius 1 is 1.36 bits per heavy atom. The molecule has 22 heavy (non-hydrogen) atoms. The molecule has 1 aliphatic rings. The molecule has 1 aliphatic carbocycles. The molecule has 0 saturated heterocycles. The van der Waals surface area contributed by atoms with Crippen LogP contribution < -0.4 is 0 Å². The van der Waals surface area contributed by atoms with E-state index in [1.54, 1.807) is 24.1 Å². The lowest BCUT2D eigenvalue weighted by atomic mass is 9.63. The van der Waals surface area contributed by atoms with Crippen molar-refractivity contribution in [3.05, 3.63) is 35.4 Å². The Bertz CT molecular complexity index is 582. The maximum atomic E-state index is 12.6. The maximum Gasteiger partial charge on any atom is 0.335 e. The normalized spacial score (nSPS) is 22.7. The van der Waals surface area contributed by atoms with E-state index in [1.807, 2.05) is 6.92 Å². The lowest BCUT2D eigenvalue weighted by Gasteiger charge is -2.54. The number of ether oxygens (including phenoxy) is 1. The van der Waals surface area contributed by atoms with E-state index in [0.717, 1.165) is 6.42 Å². The highest BCUT2D eigenvalue weighted by atomic mass is 16.5. The molecule has 1 fully saturated rings. The second kappa shape index (κ2) is 6.08. The highest BCUT2D eigenvalue weighted by Gasteiger charge is 2.51. The molecule has 0 radical (unpaired) electrons. The first-order valence-electron chi connectivity index (χ1n) is 7.51. The van der Waals surface area contributed by atoms with Gasteiger partial charge in [-0.25, -0.2) is 4.79 Å². The zero-order chi connectivity index (χ0) is 16.5. The van der Waals surface area contributed by atoms with Gasteiger partial charge in [0, 0.05) is 30.7 Å². The number of carboxylic acid groups (broad SMARTS) is 1. The van der Waals surface area contributed by atoms with E-state index in [4.69, 9.17) is 9.84 Å². The summed E-state index contributed by atoms with van der Waals surface area (Å²) >= 11 is 0. The van der Waals surface area contributed by atoms with Crippen molar-refractivity contribution in [3.8, 4) is 0 Å². The summed E-state index contributed by atoms with van der Waals surface area (Å²) in [7, 11) is 1.77. The molecule has 2 atom stereocenters. The molecule has 0 bridgehead atoms. The van der Waals surface area contributed by atoms with Gasteiger partial charge in [-0.05, 0) is 31.5 Å². The number of hydrogen-bond donors (Lipinski definition) is 1. The second-order valence-corrected chi connectivity index (χ2v) is 6.32. The second-order valence-electron chi connectivity index (χ2n) is 6.32. The van der Waals surface area contributed by atoms with Crippen LogP contribution in [-0.4, -0.2) is 47.7 Å². The van der Waals surface area contributed by atoms with Gasteiger partial charge in [0.1, 0.15) is 0 Å². The van der Waals surface area contributed by atoms with Crippen LogP contribution in [0.3, 0.4) is 0 Å². The van der Waals surface area contributed by atoms with Crippen molar-refractivity contribution < 1.29 is 19.4 Å². The molecule has 2 unspecified atom stereocenters. The van der Waals surface area contributed by atoms with Crippen LogP contribution in [0, 0.1) is 5.41 Å². The molecule has 2 rings (SSSR count). The molecule has 0 heterocycles. The third-order valence-corrected chi connectivity index (χ3v) is 4.64. The van der Waals surface area contributed by atoms with Crippen LogP contribution in [0.4, 0.5) is 0 Å². The van der Waals surface area contributed by atoms with E-state index >= 15 is 0 Å². The minimum absolute atomic E-state index is 0.0880. The van der Waals surface area contributed by atoms with E-state index in [0.29, 0.717) is 12.2 Å². The third-order valence-electron chi connectivity index (χ3n) is 4.64. The van der Waals surface area contributed by atoms with Gasteiger partial charge in [0.05, 0.1) is 11.7 Å². The molecule has 1 amide bonds. The van der Waals surface area contributed by atoms with Crippen molar-refractivity contribution in [3.63, 3.8) is 0 Å². The largest absolute Gasteiger partial charge is 0.478 e. The van der Waals surface area contributed by atoms with E-state index < -0.39 is 5.97 Å². The number of hydrogen-bond acceptors (Lipinski definition) is 3. The maximum absolute atomic E-state index is 12.6. The number of nitrogens with zero attached hydrogens (tertiary/aromatic N) is 1. The van der Waals surface area contributed by atoms with Crippen molar-refractivity contribution in [2.24, 2.45) is 5.41 Å². The summed E-state index contributed by atoms with van der Waals surface area (Å²) in [6, 6.07) is 6.24. The van der Waals surface area contributed by atoms with Crippen molar-refractivity contribution in [2.75, 3.05) is 13.7 Å². The molecule has 0 aromatic heterocycles. The molecule has 1 aromatic carbocycles. The molecule has 1 saturated carbocycles. The highest BCUT2D eigenvalue weighted by molar-refractivity contribution is 5.97. The summed E-state index contributed by atoms with van der Waals surface area (Å²) in [6.45, 7) is 6.83. The number of amides is 1. The van der Waals surface area contributed by atoms with Gasteiger partial charge in [0.25, 0.3) is 5.91 Å². The number of carboxylic acids is 1. The molecule has 0 aliphatic heterocycles. The van der Waals surface area contributed by atoms with E-state index in [-0.39, 0.29) is 29.0 Å². The van der Waals surface area contributed by atoms with Crippen LogP contribution in [0.25, 0.3) is 0 Å². The molecule has 120 valence electrons. The Balaban J connectivity index is 2.14. The van der Waals surface area contributed by atoms with Gasteiger partial charge in [-0.15, -0.1) is 0 Å². The molecular weight excluding hydrogens is 282 g/mol. The van der Waals surface area contributed by atoms with Crippen LogP contribution in [0.2, 0.25) is 0 Å². The van der Waals surface area contributed by atoms with Crippen LogP contribution >= 0.6 is 0 Å². The topological polar surface area (TPSA) is 66.8 Å². The summed E-state index contributed by atoms with van der Waals surface area (Å²) in [5.41, 5.74) is 0.419. The minimum atomic E-state index is -1.03. The molecule has 1 N–H and O–H groups in total. The number of benzene rings is 1. The monoisotopic (exact) mass is 305 g/mol. The average molecular weight is 305 g/mol. The first-order valence-corrected chi connectivity index (χ1v) is 7.51. The summed E-state index contributed by atoms with van der Waals surface area (Å²) in [5, 5.41) is 9.03. The number of aromatic carboxylic acids is 1. The van der Waals surface area contributed by atoms with Crippen LogP contribution in [0.15, 0.2) is 24.3 Å². The van der Waals surface area contributed by atoms with E-state index in [1.165, 1.54) is 12.1 Å². The fourth-order valence-corrected chi connectivity index (χ4v) is 3.14. The van der Waals surface area contributed by atoms with Gasteiger partial charge in [-0.2, -0.15) is 0 Å².